The fourth-order valence-electron chi connectivity index (χ4n) is 2.30. The standard InChI is InChI=1S/C14H19BrN2/c1-10-4-3-7-17(9-10)14-6-5-12(15)8-13(14)11(2)16/h4-6,8,11H,3,7,9,16H2,1-2H3. The van der Waals surface area contributed by atoms with E-state index in [1.165, 1.54) is 16.8 Å². The number of nitrogens with zero attached hydrogens (tertiary/aromatic N) is 1. The molecule has 1 aromatic carbocycles. The van der Waals surface area contributed by atoms with Gasteiger partial charge in [-0.25, -0.2) is 0 Å². The second kappa shape index (κ2) is 5.23. The van der Waals surface area contributed by atoms with Gasteiger partial charge in [-0.15, -0.1) is 0 Å². The largest absolute Gasteiger partial charge is 0.367 e. The molecular formula is C14H19BrN2. The van der Waals surface area contributed by atoms with Crippen molar-refractivity contribution in [1.82, 2.24) is 0 Å². The first-order valence-corrected chi connectivity index (χ1v) is 6.83. The molecular weight excluding hydrogens is 276 g/mol. The van der Waals surface area contributed by atoms with E-state index in [9.17, 15) is 0 Å². The van der Waals surface area contributed by atoms with Crippen LogP contribution < -0.4 is 10.6 Å². The molecule has 1 aromatic rings. The van der Waals surface area contributed by atoms with E-state index in [1.54, 1.807) is 0 Å². The lowest BCUT2D eigenvalue weighted by Crippen LogP contribution is -2.30. The van der Waals surface area contributed by atoms with Crippen molar-refractivity contribution in [1.29, 1.82) is 0 Å². The fourth-order valence-corrected chi connectivity index (χ4v) is 2.67. The topological polar surface area (TPSA) is 29.3 Å². The van der Waals surface area contributed by atoms with Crippen LogP contribution in [0.4, 0.5) is 5.69 Å². The fraction of sp³-hybridized carbons (Fsp3) is 0.429. The summed E-state index contributed by atoms with van der Waals surface area (Å²) in [6.45, 7) is 6.33. The summed E-state index contributed by atoms with van der Waals surface area (Å²) in [4.78, 5) is 2.42. The Bertz CT molecular complexity index is 438. The van der Waals surface area contributed by atoms with Crippen LogP contribution in [0, 0.1) is 0 Å². The Hall–Kier alpha value is -0.800. The summed E-state index contributed by atoms with van der Waals surface area (Å²) >= 11 is 3.52. The minimum Gasteiger partial charge on any atom is -0.367 e. The van der Waals surface area contributed by atoms with E-state index in [-0.39, 0.29) is 6.04 Å². The molecule has 1 heterocycles. The lowest BCUT2D eigenvalue weighted by Gasteiger charge is -2.31. The zero-order chi connectivity index (χ0) is 12.4. The molecule has 0 saturated carbocycles. The quantitative estimate of drug-likeness (QED) is 0.844. The maximum Gasteiger partial charge on any atom is 0.0418 e. The highest BCUT2D eigenvalue weighted by Crippen LogP contribution is 2.30. The van der Waals surface area contributed by atoms with Crippen LogP contribution in [0.25, 0.3) is 0 Å². The second-order valence-corrected chi connectivity index (χ2v) is 5.67. The van der Waals surface area contributed by atoms with Crippen molar-refractivity contribution in [2.45, 2.75) is 26.3 Å². The van der Waals surface area contributed by atoms with E-state index in [1.807, 2.05) is 6.92 Å². The first kappa shape index (κ1) is 12.7. The predicted octanol–water partition coefficient (Wildman–Crippen LogP) is 3.63. The van der Waals surface area contributed by atoms with Crippen molar-refractivity contribution < 1.29 is 0 Å². The van der Waals surface area contributed by atoms with Gasteiger partial charge in [0.05, 0.1) is 0 Å². The van der Waals surface area contributed by atoms with Crippen molar-refractivity contribution in [3.8, 4) is 0 Å². The van der Waals surface area contributed by atoms with E-state index >= 15 is 0 Å². The van der Waals surface area contributed by atoms with Crippen LogP contribution >= 0.6 is 15.9 Å². The van der Waals surface area contributed by atoms with Crippen LogP contribution in [0.5, 0.6) is 0 Å². The molecule has 2 nitrogen and oxygen atoms in total. The Morgan fingerprint density at radius 3 is 2.82 bits per heavy atom. The van der Waals surface area contributed by atoms with E-state index in [0.29, 0.717) is 0 Å². The average molecular weight is 295 g/mol. The van der Waals surface area contributed by atoms with Gasteiger partial charge in [-0.05, 0) is 44.0 Å². The van der Waals surface area contributed by atoms with Gasteiger partial charge in [0.15, 0.2) is 0 Å². The first-order valence-electron chi connectivity index (χ1n) is 6.03. The van der Waals surface area contributed by atoms with E-state index in [2.05, 4.69) is 52.0 Å². The molecule has 1 unspecified atom stereocenters. The van der Waals surface area contributed by atoms with Crippen LogP contribution in [0.15, 0.2) is 34.3 Å². The van der Waals surface area contributed by atoms with Crippen molar-refractivity contribution in [3.05, 3.63) is 39.9 Å². The number of nitrogens with two attached hydrogens (primary N) is 1. The number of halogens is 1. The normalized spacial score (nSPS) is 17.9. The third-order valence-corrected chi connectivity index (χ3v) is 3.65. The molecule has 0 aliphatic carbocycles. The second-order valence-electron chi connectivity index (χ2n) is 4.75. The van der Waals surface area contributed by atoms with Gasteiger partial charge in [0.25, 0.3) is 0 Å². The highest BCUT2D eigenvalue weighted by molar-refractivity contribution is 9.10. The summed E-state index contributed by atoms with van der Waals surface area (Å²) in [6, 6.07) is 6.46. The van der Waals surface area contributed by atoms with Gasteiger partial charge in [0, 0.05) is 29.3 Å². The van der Waals surface area contributed by atoms with Crippen molar-refractivity contribution in [2.75, 3.05) is 18.0 Å². The summed E-state index contributed by atoms with van der Waals surface area (Å²) in [5, 5.41) is 0. The molecule has 1 aliphatic heterocycles. The molecule has 0 aromatic heterocycles. The summed E-state index contributed by atoms with van der Waals surface area (Å²) in [7, 11) is 0. The lowest BCUT2D eigenvalue weighted by molar-refractivity contribution is 0.760. The SMILES string of the molecule is CC1=CCCN(c2ccc(Br)cc2C(C)N)C1. The summed E-state index contributed by atoms with van der Waals surface area (Å²) in [6.07, 6.45) is 3.45. The number of anilines is 1. The number of hydrogen-bond donors (Lipinski definition) is 1. The monoisotopic (exact) mass is 294 g/mol. The zero-order valence-corrected chi connectivity index (χ0v) is 12.0. The molecule has 0 radical (unpaired) electrons. The van der Waals surface area contributed by atoms with E-state index in [4.69, 9.17) is 5.73 Å². The highest BCUT2D eigenvalue weighted by Gasteiger charge is 2.16. The van der Waals surface area contributed by atoms with Crippen molar-refractivity contribution in [3.63, 3.8) is 0 Å². The van der Waals surface area contributed by atoms with Crippen molar-refractivity contribution in [2.24, 2.45) is 5.73 Å². The Labute approximate surface area is 112 Å². The molecule has 2 rings (SSSR count). The van der Waals surface area contributed by atoms with Gasteiger partial charge in [-0.2, -0.15) is 0 Å². The minimum absolute atomic E-state index is 0.0636. The number of rotatable bonds is 2. The number of hydrogen-bond acceptors (Lipinski definition) is 2. The zero-order valence-electron chi connectivity index (χ0n) is 10.4. The van der Waals surface area contributed by atoms with Gasteiger partial charge in [-0.3, -0.25) is 0 Å². The molecule has 0 spiro atoms. The highest BCUT2D eigenvalue weighted by atomic mass is 79.9. The molecule has 17 heavy (non-hydrogen) atoms. The molecule has 0 bridgehead atoms. The summed E-state index contributed by atoms with van der Waals surface area (Å²) in [5.41, 5.74) is 9.99. The van der Waals surface area contributed by atoms with Crippen molar-refractivity contribution >= 4 is 21.6 Å². The Morgan fingerprint density at radius 1 is 1.41 bits per heavy atom. The maximum atomic E-state index is 6.06. The van der Waals surface area contributed by atoms with Gasteiger partial charge in [-0.1, -0.05) is 27.6 Å². The summed E-state index contributed by atoms with van der Waals surface area (Å²) in [5.74, 6) is 0. The molecule has 0 fully saturated rings. The minimum atomic E-state index is 0.0636. The molecule has 92 valence electrons. The molecule has 1 atom stereocenters. The average Bonchev–Trinajstić information content (AvgIpc) is 2.28. The first-order chi connectivity index (χ1) is 8.08. The summed E-state index contributed by atoms with van der Waals surface area (Å²) < 4.78 is 1.10. The maximum absolute atomic E-state index is 6.06. The Balaban J connectivity index is 2.34. The van der Waals surface area contributed by atoms with Gasteiger partial charge in [0.2, 0.25) is 0 Å². The van der Waals surface area contributed by atoms with Gasteiger partial charge < -0.3 is 10.6 Å². The van der Waals surface area contributed by atoms with Gasteiger partial charge >= 0.3 is 0 Å². The van der Waals surface area contributed by atoms with Gasteiger partial charge in [0.1, 0.15) is 0 Å². The van der Waals surface area contributed by atoms with Crippen LogP contribution in [0.1, 0.15) is 31.9 Å². The molecule has 0 saturated heterocycles. The van der Waals surface area contributed by atoms with Crippen LogP contribution in [0.3, 0.4) is 0 Å². The molecule has 0 amide bonds. The Morgan fingerprint density at radius 2 is 2.18 bits per heavy atom. The molecule has 2 N–H and O–H groups in total. The van der Waals surface area contributed by atoms with Crippen LogP contribution in [-0.2, 0) is 0 Å². The number of benzene rings is 1. The van der Waals surface area contributed by atoms with E-state index in [0.717, 1.165) is 24.0 Å². The molecule has 3 heteroatoms. The lowest BCUT2D eigenvalue weighted by atomic mass is 10.0. The predicted molar refractivity (Wildman–Crippen MR) is 77.3 cm³/mol. The smallest absolute Gasteiger partial charge is 0.0418 e. The van der Waals surface area contributed by atoms with Crippen LogP contribution in [-0.4, -0.2) is 13.1 Å². The van der Waals surface area contributed by atoms with Crippen LogP contribution in [0.2, 0.25) is 0 Å². The van der Waals surface area contributed by atoms with E-state index < -0.39 is 0 Å². The third-order valence-electron chi connectivity index (χ3n) is 3.15. The third kappa shape index (κ3) is 2.90. The molecule has 1 aliphatic rings. The Kier molecular flexibility index (Phi) is 3.89.